The van der Waals surface area contributed by atoms with E-state index in [0.29, 0.717) is 12.4 Å². The Morgan fingerprint density at radius 1 is 1.29 bits per heavy atom. The van der Waals surface area contributed by atoms with Crippen molar-refractivity contribution in [1.29, 1.82) is 0 Å². The molecule has 1 unspecified atom stereocenters. The van der Waals surface area contributed by atoms with E-state index in [0.717, 1.165) is 5.56 Å². The zero-order valence-corrected chi connectivity index (χ0v) is 8.06. The third-order valence-corrected chi connectivity index (χ3v) is 2.91. The Morgan fingerprint density at radius 3 is 2.50 bits per heavy atom. The summed E-state index contributed by atoms with van der Waals surface area (Å²) in [5.41, 5.74) is 1.12. The maximum atomic E-state index is 10.4. The number of rotatable bonds is 4. The number of benzene rings is 1. The summed E-state index contributed by atoms with van der Waals surface area (Å²) in [6.07, 6.45) is 3.58. The number of hydrogen-bond donors (Lipinski definition) is 0. The highest BCUT2D eigenvalue weighted by molar-refractivity contribution is 5.39. The summed E-state index contributed by atoms with van der Waals surface area (Å²) < 4.78 is 5.15. The summed E-state index contributed by atoms with van der Waals surface area (Å²) in [7, 11) is 0. The monoisotopic (exact) mass is 190 g/mol. The van der Waals surface area contributed by atoms with Crippen molar-refractivity contribution in [3.05, 3.63) is 35.9 Å². The van der Waals surface area contributed by atoms with Gasteiger partial charge in [0.25, 0.3) is 6.47 Å². The van der Waals surface area contributed by atoms with E-state index in [9.17, 15) is 4.79 Å². The largest absolute Gasteiger partial charge is 0.459 e. The molecule has 2 rings (SSSR count). The van der Waals surface area contributed by atoms with E-state index in [1.165, 1.54) is 19.3 Å². The lowest BCUT2D eigenvalue weighted by atomic mass is 9.79. The number of carbonyl (C=O) groups is 1. The van der Waals surface area contributed by atoms with Crippen molar-refractivity contribution < 1.29 is 9.53 Å². The molecule has 0 aromatic heterocycles. The maximum absolute atomic E-state index is 10.4. The van der Waals surface area contributed by atoms with E-state index in [-0.39, 0.29) is 6.10 Å². The van der Waals surface area contributed by atoms with E-state index < -0.39 is 0 Å². The normalized spacial score (nSPS) is 18.3. The van der Waals surface area contributed by atoms with Crippen molar-refractivity contribution in [1.82, 2.24) is 0 Å². The molecule has 1 aromatic carbocycles. The minimum atomic E-state index is -0.0255. The van der Waals surface area contributed by atoms with Crippen molar-refractivity contribution in [3.63, 3.8) is 0 Å². The predicted molar refractivity (Wildman–Crippen MR) is 53.7 cm³/mol. The highest BCUT2D eigenvalue weighted by Crippen LogP contribution is 2.39. The molecule has 0 amide bonds. The van der Waals surface area contributed by atoms with Gasteiger partial charge in [0.1, 0.15) is 6.10 Å². The lowest BCUT2D eigenvalue weighted by Gasteiger charge is -2.32. The van der Waals surface area contributed by atoms with E-state index in [1.807, 2.05) is 30.3 Å². The molecule has 2 heteroatoms. The molecule has 0 bridgehead atoms. The van der Waals surface area contributed by atoms with Crippen LogP contribution >= 0.6 is 0 Å². The summed E-state index contributed by atoms with van der Waals surface area (Å²) in [5.74, 6) is 0.530. The van der Waals surface area contributed by atoms with Crippen molar-refractivity contribution in [2.45, 2.75) is 25.4 Å². The van der Waals surface area contributed by atoms with Gasteiger partial charge in [0, 0.05) is 5.92 Å². The fourth-order valence-electron chi connectivity index (χ4n) is 1.91. The van der Waals surface area contributed by atoms with Crippen molar-refractivity contribution in [2.24, 2.45) is 5.92 Å². The molecular weight excluding hydrogens is 176 g/mol. The van der Waals surface area contributed by atoms with Gasteiger partial charge in [0.2, 0.25) is 0 Å². The van der Waals surface area contributed by atoms with Gasteiger partial charge in [0.05, 0.1) is 0 Å². The molecule has 14 heavy (non-hydrogen) atoms. The summed E-state index contributed by atoms with van der Waals surface area (Å²) in [6.45, 7) is 0.565. The molecule has 1 aliphatic carbocycles. The van der Waals surface area contributed by atoms with Crippen LogP contribution in [0.2, 0.25) is 0 Å². The third-order valence-electron chi connectivity index (χ3n) is 2.91. The molecule has 1 aliphatic rings. The molecule has 0 spiro atoms. The minimum absolute atomic E-state index is 0.0255. The Labute approximate surface area is 83.9 Å². The first-order valence-electron chi connectivity index (χ1n) is 5.06. The quantitative estimate of drug-likeness (QED) is 0.682. The molecule has 0 heterocycles. The summed E-state index contributed by atoms with van der Waals surface area (Å²) in [4.78, 5) is 10.4. The van der Waals surface area contributed by atoms with Crippen LogP contribution in [0.5, 0.6) is 0 Å². The van der Waals surface area contributed by atoms with Crippen LogP contribution in [0, 0.1) is 5.92 Å². The molecule has 2 nitrogen and oxygen atoms in total. The summed E-state index contributed by atoms with van der Waals surface area (Å²) in [5, 5.41) is 0. The van der Waals surface area contributed by atoms with Crippen LogP contribution < -0.4 is 0 Å². The Morgan fingerprint density at radius 2 is 2.00 bits per heavy atom. The molecule has 0 saturated heterocycles. The van der Waals surface area contributed by atoms with Gasteiger partial charge in [-0.25, -0.2) is 0 Å². The number of hydrogen-bond acceptors (Lipinski definition) is 2. The molecule has 74 valence electrons. The van der Waals surface area contributed by atoms with E-state index >= 15 is 0 Å². The van der Waals surface area contributed by atoms with Crippen molar-refractivity contribution >= 4 is 6.47 Å². The molecule has 1 fully saturated rings. The lowest BCUT2D eigenvalue weighted by Crippen LogP contribution is -2.22. The average Bonchev–Trinajstić information content (AvgIpc) is 2.16. The summed E-state index contributed by atoms with van der Waals surface area (Å²) >= 11 is 0. The second-order valence-corrected chi connectivity index (χ2v) is 3.75. The van der Waals surface area contributed by atoms with Gasteiger partial charge in [-0.1, -0.05) is 36.8 Å². The number of carbonyl (C=O) groups excluding carboxylic acids is 1. The van der Waals surface area contributed by atoms with Crippen LogP contribution in [0.3, 0.4) is 0 Å². The highest BCUT2D eigenvalue weighted by atomic mass is 16.5. The van der Waals surface area contributed by atoms with Crippen LogP contribution in [-0.2, 0) is 9.53 Å². The average molecular weight is 190 g/mol. The highest BCUT2D eigenvalue weighted by Gasteiger charge is 2.29. The Bertz CT molecular complexity index is 290. The Balaban J connectivity index is 2.13. The fraction of sp³-hybridized carbons (Fsp3) is 0.417. The number of ether oxygens (including phenoxy) is 1. The molecule has 0 N–H and O–H groups in total. The van der Waals surface area contributed by atoms with E-state index in [1.54, 1.807) is 0 Å². The minimum Gasteiger partial charge on any atom is -0.459 e. The SMILES string of the molecule is O=COC(c1ccccc1)C1CCC1. The van der Waals surface area contributed by atoms with Gasteiger partial charge in [0.15, 0.2) is 0 Å². The first-order valence-corrected chi connectivity index (χ1v) is 5.06. The summed E-state index contributed by atoms with van der Waals surface area (Å²) in [6, 6.07) is 9.98. The van der Waals surface area contributed by atoms with Gasteiger partial charge in [-0.15, -0.1) is 0 Å². The smallest absolute Gasteiger partial charge is 0.293 e. The zero-order chi connectivity index (χ0) is 9.80. The van der Waals surface area contributed by atoms with Crippen LogP contribution in [0.4, 0.5) is 0 Å². The van der Waals surface area contributed by atoms with Crippen LogP contribution in [0.25, 0.3) is 0 Å². The zero-order valence-electron chi connectivity index (χ0n) is 8.06. The molecular formula is C12H14O2. The van der Waals surface area contributed by atoms with Crippen LogP contribution in [0.1, 0.15) is 30.9 Å². The Hall–Kier alpha value is -1.31. The first-order chi connectivity index (χ1) is 6.92. The van der Waals surface area contributed by atoms with E-state index in [2.05, 4.69) is 0 Å². The molecule has 1 aromatic rings. The first kappa shape index (κ1) is 9.25. The van der Waals surface area contributed by atoms with E-state index in [4.69, 9.17) is 4.74 Å². The molecule has 1 atom stereocenters. The van der Waals surface area contributed by atoms with Gasteiger partial charge in [-0.05, 0) is 18.4 Å². The van der Waals surface area contributed by atoms with Gasteiger partial charge >= 0.3 is 0 Å². The van der Waals surface area contributed by atoms with Gasteiger partial charge in [-0.2, -0.15) is 0 Å². The third kappa shape index (κ3) is 1.79. The van der Waals surface area contributed by atoms with Crippen LogP contribution in [0.15, 0.2) is 30.3 Å². The van der Waals surface area contributed by atoms with Crippen molar-refractivity contribution in [3.8, 4) is 0 Å². The fourth-order valence-corrected chi connectivity index (χ4v) is 1.91. The topological polar surface area (TPSA) is 26.3 Å². The molecule has 0 aliphatic heterocycles. The van der Waals surface area contributed by atoms with Crippen molar-refractivity contribution in [2.75, 3.05) is 0 Å². The van der Waals surface area contributed by atoms with Gasteiger partial charge < -0.3 is 4.74 Å². The second kappa shape index (κ2) is 4.27. The molecule has 0 radical (unpaired) electrons. The Kier molecular flexibility index (Phi) is 2.82. The van der Waals surface area contributed by atoms with Crippen LogP contribution in [-0.4, -0.2) is 6.47 Å². The lowest BCUT2D eigenvalue weighted by molar-refractivity contribution is -0.138. The predicted octanol–water partition coefficient (Wildman–Crippen LogP) is 2.70. The second-order valence-electron chi connectivity index (χ2n) is 3.75. The van der Waals surface area contributed by atoms with Gasteiger partial charge in [-0.3, -0.25) is 4.79 Å². The standard InChI is InChI=1S/C12H14O2/c13-9-14-12(11-7-4-8-11)10-5-2-1-3-6-10/h1-3,5-6,9,11-12H,4,7-8H2. The molecule has 1 saturated carbocycles. The maximum Gasteiger partial charge on any atom is 0.293 e.